The molecule has 0 saturated carbocycles. The lowest BCUT2D eigenvalue weighted by Crippen LogP contribution is -2.12. The average molecular weight is 372 g/mol. The van der Waals surface area contributed by atoms with E-state index in [9.17, 15) is 13.2 Å². The highest BCUT2D eigenvalue weighted by molar-refractivity contribution is 9.10. The zero-order valence-corrected chi connectivity index (χ0v) is 13.9. The van der Waals surface area contributed by atoms with Gasteiger partial charge in [0.15, 0.2) is 0 Å². The van der Waals surface area contributed by atoms with Crippen LogP contribution in [0.25, 0.3) is 0 Å². The summed E-state index contributed by atoms with van der Waals surface area (Å²) >= 11 is 3.27. The Morgan fingerprint density at radius 3 is 2.43 bits per heavy atom. The van der Waals surface area contributed by atoms with Gasteiger partial charge in [-0.1, -0.05) is 25.1 Å². The third-order valence-electron chi connectivity index (χ3n) is 3.07. The van der Waals surface area contributed by atoms with Gasteiger partial charge < -0.3 is 4.74 Å². The minimum Gasteiger partial charge on any atom is -0.465 e. The number of carbonyl (C=O) groups is 1. The van der Waals surface area contributed by atoms with Crippen molar-refractivity contribution in [1.29, 1.82) is 0 Å². The van der Waals surface area contributed by atoms with E-state index >= 15 is 0 Å². The zero-order valence-electron chi connectivity index (χ0n) is 11.5. The molecule has 0 bridgehead atoms. The van der Waals surface area contributed by atoms with Gasteiger partial charge in [-0.3, -0.25) is 0 Å². The molecule has 0 saturated heterocycles. The molecule has 2 aromatic rings. The Bertz CT molecular complexity index is 766. The summed E-state index contributed by atoms with van der Waals surface area (Å²) in [6, 6.07) is 8.04. The van der Waals surface area contributed by atoms with Crippen molar-refractivity contribution in [3.63, 3.8) is 0 Å². The van der Waals surface area contributed by atoms with Crippen molar-refractivity contribution in [3.05, 3.63) is 52.3 Å². The Morgan fingerprint density at radius 1 is 1.29 bits per heavy atom. The first-order chi connectivity index (χ1) is 9.93. The number of hydrogen-bond donors (Lipinski definition) is 0. The Hall–Kier alpha value is -1.60. The van der Waals surface area contributed by atoms with E-state index in [0.29, 0.717) is 16.6 Å². The summed E-state index contributed by atoms with van der Waals surface area (Å²) in [4.78, 5) is 11.9. The number of rotatable bonds is 4. The number of hydrogen-bond acceptors (Lipinski definition) is 4. The molecule has 5 nitrogen and oxygen atoms in total. The SMILES string of the molecule is CCc1c(C(=O)OC)cn(S(=O)(=O)c2ccccc2)c1Br. The third-order valence-corrected chi connectivity index (χ3v) is 5.84. The smallest absolute Gasteiger partial charge is 0.339 e. The van der Waals surface area contributed by atoms with E-state index in [1.807, 2.05) is 6.92 Å². The molecule has 0 amide bonds. The van der Waals surface area contributed by atoms with Crippen LogP contribution in [0.2, 0.25) is 0 Å². The van der Waals surface area contributed by atoms with E-state index in [4.69, 9.17) is 4.74 Å². The molecule has 0 aliphatic heterocycles. The first-order valence-corrected chi connectivity index (χ1v) is 8.45. The van der Waals surface area contributed by atoms with Crippen molar-refractivity contribution in [1.82, 2.24) is 3.97 Å². The van der Waals surface area contributed by atoms with Gasteiger partial charge in [0, 0.05) is 6.20 Å². The van der Waals surface area contributed by atoms with E-state index in [0.717, 1.165) is 3.97 Å². The van der Waals surface area contributed by atoms with Gasteiger partial charge in [0.2, 0.25) is 0 Å². The molecule has 0 radical (unpaired) electrons. The summed E-state index contributed by atoms with van der Waals surface area (Å²) in [6.45, 7) is 1.84. The summed E-state index contributed by atoms with van der Waals surface area (Å²) < 4.78 is 31.4. The second-order valence-corrected chi connectivity index (χ2v) is 6.84. The number of ether oxygens (including phenoxy) is 1. The maximum atomic E-state index is 12.6. The number of nitrogens with zero attached hydrogens (tertiary/aromatic N) is 1. The molecule has 7 heteroatoms. The Kier molecular flexibility index (Phi) is 4.53. The molecule has 1 heterocycles. The van der Waals surface area contributed by atoms with Crippen LogP contribution in [-0.4, -0.2) is 25.5 Å². The summed E-state index contributed by atoms with van der Waals surface area (Å²) in [5.74, 6) is -0.561. The van der Waals surface area contributed by atoms with Gasteiger partial charge in [-0.2, -0.15) is 0 Å². The summed E-state index contributed by atoms with van der Waals surface area (Å²) in [6.07, 6.45) is 1.79. The molecule has 0 unspecified atom stereocenters. The Labute approximate surface area is 131 Å². The lowest BCUT2D eigenvalue weighted by Gasteiger charge is -2.07. The number of methoxy groups -OCH3 is 1. The van der Waals surface area contributed by atoms with Gasteiger partial charge in [-0.25, -0.2) is 17.2 Å². The van der Waals surface area contributed by atoms with Gasteiger partial charge in [-0.05, 0) is 40.0 Å². The minimum absolute atomic E-state index is 0.153. The van der Waals surface area contributed by atoms with Gasteiger partial charge >= 0.3 is 5.97 Å². The van der Waals surface area contributed by atoms with Crippen molar-refractivity contribution in [2.24, 2.45) is 0 Å². The number of aromatic nitrogens is 1. The summed E-state index contributed by atoms with van der Waals surface area (Å²) in [5, 5.41) is 0. The highest BCUT2D eigenvalue weighted by Crippen LogP contribution is 2.28. The van der Waals surface area contributed by atoms with Gasteiger partial charge in [-0.15, -0.1) is 0 Å². The molecule has 21 heavy (non-hydrogen) atoms. The standard InChI is InChI=1S/C14H14BrNO4S/c1-3-11-12(14(17)20-2)9-16(13(11)15)21(18,19)10-7-5-4-6-8-10/h4-9H,3H2,1-2H3. The second-order valence-electron chi connectivity index (χ2n) is 4.27. The molecule has 2 rings (SSSR count). The Morgan fingerprint density at radius 2 is 1.90 bits per heavy atom. The van der Waals surface area contributed by atoms with Crippen LogP contribution in [0.5, 0.6) is 0 Å². The van der Waals surface area contributed by atoms with Crippen LogP contribution < -0.4 is 0 Å². The first-order valence-electron chi connectivity index (χ1n) is 6.22. The lowest BCUT2D eigenvalue weighted by atomic mass is 10.1. The molecule has 0 fully saturated rings. The predicted octanol–water partition coefficient (Wildman–Crippen LogP) is 2.84. The molecular formula is C14H14BrNO4S. The van der Waals surface area contributed by atoms with Crippen LogP contribution in [0.4, 0.5) is 0 Å². The van der Waals surface area contributed by atoms with E-state index in [1.165, 1.54) is 25.4 Å². The molecule has 0 aliphatic carbocycles. The van der Waals surface area contributed by atoms with Crippen LogP contribution in [0, 0.1) is 0 Å². The second kappa shape index (κ2) is 6.03. The molecule has 1 aromatic heterocycles. The fourth-order valence-corrected chi connectivity index (χ4v) is 4.46. The van der Waals surface area contributed by atoms with Gasteiger partial charge in [0.25, 0.3) is 10.0 Å². The number of halogens is 1. The van der Waals surface area contributed by atoms with Crippen LogP contribution >= 0.6 is 15.9 Å². The van der Waals surface area contributed by atoms with Crippen molar-refractivity contribution in [2.75, 3.05) is 7.11 Å². The van der Waals surface area contributed by atoms with E-state index < -0.39 is 16.0 Å². The Balaban J connectivity index is 2.65. The molecule has 0 spiro atoms. The zero-order chi connectivity index (χ0) is 15.6. The summed E-state index contributed by atoms with van der Waals surface area (Å²) in [5.41, 5.74) is 0.840. The number of benzene rings is 1. The van der Waals surface area contributed by atoms with Crippen LogP contribution in [0.15, 0.2) is 46.0 Å². The number of carbonyl (C=O) groups excluding carboxylic acids is 1. The average Bonchev–Trinajstić information content (AvgIpc) is 2.84. The molecule has 1 aromatic carbocycles. The largest absolute Gasteiger partial charge is 0.465 e. The maximum Gasteiger partial charge on any atom is 0.339 e. The normalized spacial score (nSPS) is 11.4. The van der Waals surface area contributed by atoms with Gasteiger partial charge in [0.05, 0.1) is 17.6 Å². The quantitative estimate of drug-likeness (QED) is 0.775. The third kappa shape index (κ3) is 2.75. The van der Waals surface area contributed by atoms with Crippen molar-refractivity contribution < 1.29 is 17.9 Å². The molecule has 0 aliphatic rings. The molecule has 0 atom stereocenters. The van der Waals surface area contributed by atoms with Crippen LogP contribution in [-0.2, 0) is 21.2 Å². The van der Waals surface area contributed by atoms with Crippen LogP contribution in [0.1, 0.15) is 22.8 Å². The van der Waals surface area contributed by atoms with Crippen molar-refractivity contribution in [2.45, 2.75) is 18.2 Å². The van der Waals surface area contributed by atoms with E-state index in [-0.39, 0.29) is 10.5 Å². The first kappa shape index (κ1) is 15.8. The van der Waals surface area contributed by atoms with Crippen molar-refractivity contribution >= 4 is 31.9 Å². The highest BCUT2D eigenvalue weighted by atomic mass is 79.9. The maximum absolute atomic E-state index is 12.6. The molecule has 112 valence electrons. The van der Waals surface area contributed by atoms with Crippen LogP contribution in [0.3, 0.4) is 0 Å². The fourth-order valence-electron chi connectivity index (χ4n) is 2.00. The lowest BCUT2D eigenvalue weighted by molar-refractivity contribution is 0.0600. The molecule has 0 N–H and O–H groups in total. The monoisotopic (exact) mass is 371 g/mol. The van der Waals surface area contributed by atoms with Gasteiger partial charge in [0.1, 0.15) is 4.60 Å². The highest BCUT2D eigenvalue weighted by Gasteiger charge is 2.26. The number of esters is 1. The van der Waals surface area contributed by atoms with Crippen molar-refractivity contribution in [3.8, 4) is 0 Å². The van der Waals surface area contributed by atoms with E-state index in [1.54, 1.807) is 18.2 Å². The summed E-state index contributed by atoms with van der Waals surface area (Å²) in [7, 11) is -2.50. The predicted molar refractivity (Wildman–Crippen MR) is 81.9 cm³/mol. The molecular weight excluding hydrogens is 358 g/mol. The fraction of sp³-hybridized carbons (Fsp3) is 0.214. The minimum atomic E-state index is -3.76. The topological polar surface area (TPSA) is 65.4 Å². The van der Waals surface area contributed by atoms with E-state index in [2.05, 4.69) is 15.9 Å².